The van der Waals surface area contributed by atoms with Gasteiger partial charge in [0.05, 0.1) is 17.8 Å². The van der Waals surface area contributed by atoms with Crippen molar-refractivity contribution in [3.05, 3.63) is 59.9 Å². The van der Waals surface area contributed by atoms with Gasteiger partial charge in [0.25, 0.3) is 5.22 Å². The van der Waals surface area contributed by atoms with Gasteiger partial charge in [0, 0.05) is 24.5 Å². The minimum absolute atomic E-state index is 0.00999. The second-order valence-corrected chi connectivity index (χ2v) is 7.15. The fourth-order valence-electron chi connectivity index (χ4n) is 3.08. The molecule has 0 saturated heterocycles. The lowest BCUT2D eigenvalue weighted by Gasteiger charge is -2.37. The Labute approximate surface area is 164 Å². The largest absolute Gasteiger partial charge is 0.548 e. The average Bonchev–Trinajstić information content (AvgIpc) is 3.20. The Hall–Kier alpha value is -3.20. The van der Waals surface area contributed by atoms with Crippen LogP contribution in [0, 0.1) is 0 Å². The molecule has 1 amide bonds. The monoisotopic (exact) mass is 395 g/mol. The molecule has 9 heteroatoms. The van der Waals surface area contributed by atoms with E-state index in [0.29, 0.717) is 5.89 Å². The van der Waals surface area contributed by atoms with E-state index in [4.69, 9.17) is 4.42 Å². The van der Waals surface area contributed by atoms with Crippen molar-refractivity contribution in [3.8, 4) is 11.5 Å². The number of aromatic nitrogens is 3. The van der Waals surface area contributed by atoms with Crippen LogP contribution in [0.1, 0.15) is 11.1 Å². The van der Waals surface area contributed by atoms with Gasteiger partial charge in [0.1, 0.15) is 0 Å². The van der Waals surface area contributed by atoms with Crippen LogP contribution in [0.3, 0.4) is 0 Å². The van der Waals surface area contributed by atoms with Gasteiger partial charge in [0.2, 0.25) is 11.8 Å². The van der Waals surface area contributed by atoms with Crippen LogP contribution in [-0.2, 0) is 22.6 Å². The number of carboxylic acids is 1. The molecule has 1 aliphatic rings. The Bertz CT molecular complexity index is 1010. The van der Waals surface area contributed by atoms with Gasteiger partial charge in [-0.1, -0.05) is 36.0 Å². The third kappa shape index (κ3) is 3.74. The predicted octanol–water partition coefficient (Wildman–Crippen LogP) is 0.927. The van der Waals surface area contributed by atoms with Gasteiger partial charge in [0.15, 0.2) is 0 Å². The Morgan fingerprint density at radius 3 is 2.64 bits per heavy atom. The standard InChI is InChI=1S/C19H16N4O4S/c24-16(11-28-19-22-21-17(27-19)12-5-7-20-8-6-12)23-10-14-4-2-1-3-13(14)9-15(23)18(25)26/h1-8,15H,9-11H2,(H,25,26)/p-1/t15-/m1/s1. The summed E-state index contributed by atoms with van der Waals surface area (Å²) in [5.41, 5.74) is 2.59. The number of rotatable bonds is 5. The molecule has 0 radical (unpaired) electrons. The smallest absolute Gasteiger partial charge is 0.277 e. The normalized spacial score (nSPS) is 15.9. The van der Waals surface area contributed by atoms with Crippen LogP contribution in [0.2, 0.25) is 0 Å². The maximum atomic E-state index is 12.7. The molecule has 142 valence electrons. The SMILES string of the molecule is O=C([O-])[C@H]1Cc2ccccc2CN1C(=O)CSc1nnc(-c2ccncc2)o1. The number of benzene rings is 1. The van der Waals surface area contributed by atoms with Gasteiger partial charge < -0.3 is 19.2 Å². The second kappa shape index (κ2) is 7.81. The topological polar surface area (TPSA) is 112 Å². The molecule has 8 nitrogen and oxygen atoms in total. The maximum absolute atomic E-state index is 12.7. The van der Waals surface area contributed by atoms with E-state index in [1.54, 1.807) is 24.5 Å². The lowest BCUT2D eigenvalue weighted by atomic mass is 9.94. The molecular formula is C19H15N4O4S-. The summed E-state index contributed by atoms with van der Waals surface area (Å²) >= 11 is 1.07. The molecule has 3 heterocycles. The molecule has 0 saturated carbocycles. The van der Waals surface area contributed by atoms with Gasteiger partial charge in [-0.3, -0.25) is 9.78 Å². The number of aliphatic carboxylic acids is 1. The summed E-state index contributed by atoms with van der Waals surface area (Å²) in [5, 5.41) is 19.7. The first-order valence-electron chi connectivity index (χ1n) is 8.55. The number of amides is 1. The van der Waals surface area contributed by atoms with Crippen molar-refractivity contribution in [3.63, 3.8) is 0 Å². The molecule has 0 aliphatic carbocycles. The maximum Gasteiger partial charge on any atom is 0.277 e. The lowest BCUT2D eigenvalue weighted by Crippen LogP contribution is -2.54. The molecule has 4 rings (SSSR count). The highest BCUT2D eigenvalue weighted by Gasteiger charge is 2.30. The fraction of sp³-hybridized carbons (Fsp3) is 0.211. The summed E-state index contributed by atoms with van der Waals surface area (Å²) in [6, 6.07) is 9.99. The van der Waals surface area contributed by atoms with Crippen molar-refractivity contribution in [2.75, 3.05) is 5.75 Å². The number of carboxylic acid groups (broad SMARTS) is 1. The van der Waals surface area contributed by atoms with Gasteiger partial charge in [-0.25, -0.2) is 0 Å². The minimum Gasteiger partial charge on any atom is -0.548 e. The summed E-state index contributed by atoms with van der Waals surface area (Å²) in [6.07, 6.45) is 3.47. The Morgan fingerprint density at radius 1 is 1.14 bits per heavy atom. The van der Waals surface area contributed by atoms with E-state index >= 15 is 0 Å². The molecule has 2 aromatic heterocycles. The number of fused-ring (bicyclic) bond motifs is 1. The number of carbonyl (C=O) groups excluding carboxylic acids is 2. The van der Waals surface area contributed by atoms with Crippen LogP contribution in [0.15, 0.2) is 58.4 Å². The van der Waals surface area contributed by atoms with E-state index in [9.17, 15) is 14.7 Å². The van der Waals surface area contributed by atoms with Crippen LogP contribution in [0.4, 0.5) is 0 Å². The summed E-state index contributed by atoms with van der Waals surface area (Å²) < 4.78 is 5.55. The number of nitrogens with zero attached hydrogens (tertiary/aromatic N) is 4. The molecule has 28 heavy (non-hydrogen) atoms. The number of pyridine rings is 1. The van der Waals surface area contributed by atoms with Crippen molar-refractivity contribution < 1.29 is 19.1 Å². The van der Waals surface area contributed by atoms with E-state index in [1.165, 1.54) is 4.90 Å². The van der Waals surface area contributed by atoms with Crippen LogP contribution >= 0.6 is 11.8 Å². The van der Waals surface area contributed by atoms with Crippen molar-refractivity contribution in [1.29, 1.82) is 0 Å². The van der Waals surface area contributed by atoms with E-state index in [2.05, 4.69) is 15.2 Å². The third-order valence-corrected chi connectivity index (χ3v) is 5.30. The lowest BCUT2D eigenvalue weighted by molar-refractivity contribution is -0.311. The van der Waals surface area contributed by atoms with Crippen molar-refractivity contribution >= 4 is 23.6 Å². The van der Waals surface area contributed by atoms with Crippen molar-refractivity contribution in [2.45, 2.75) is 24.2 Å². The zero-order valence-corrected chi connectivity index (χ0v) is 15.5. The molecule has 0 unspecified atom stereocenters. The third-order valence-electron chi connectivity index (χ3n) is 4.49. The molecule has 0 N–H and O–H groups in total. The van der Waals surface area contributed by atoms with Crippen LogP contribution in [-0.4, -0.2) is 43.8 Å². The van der Waals surface area contributed by atoms with E-state index in [1.807, 2.05) is 24.3 Å². The van der Waals surface area contributed by atoms with Gasteiger partial charge >= 0.3 is 0 Å². The average molecular weight is 395 g/mol. The molecule has 1 aromatic carbocycles. The highest BCUT2D eigenvalue weighted by atomic mass is 32.2. The summed E-state index contributed by atoms with van der Waals surface area (Å²) in [5.74, 6) is -1.26. The zero-order chi connectivity index (χ0) is 19.5. The van der Waals surface area contributed by atoms with E-state index < -0.39 is 12.0 Å². The Kier molecular flexibility index (Phi) is 5.07. The van der Waals surface area contributed by atoms with Gasteiger partial charge in [-0.05, 0) is 29.7 Å². The summed E-state index contributed by atoms with van der Waals surface area (Å²) in [7, 11) is 0. The molecule has 1 atom stereocenters. The van der Waals surface area contributed by atoms with E-state index in [0.717, 1.165) is 28.5 Å². The van der Waals surface area contributed by atoms with Crippen LogP contribution < -0.4 is 5.11 Å². The first-order chi connectivity index (χ1) is 13.6. The quantitative estimate of drug-likeness (QED) is 0.587. The molecule has 0 spiro atoms. The molecule has 1 aliphatic heterocycles. The summed E-state index contributed by atoms with van der Waals surface area (Å²) in [4.78, 5) is 29.5. The van der Waals surface area contributed by atoms with Crippen LogP contribution in [0.25, 0.3) is 11.5 Å². The first-order valence-corrected chi connectivity index (χ1v) is 9.54. The molecule has 0 fully saturated rings. The number of hydrogen-bond donors (Lipinski definition) is 0. The number of carbonyl (C=O) groups is 2. The van der Waals surface area contributed by atoms with E-state index in [-0.39, 0.29) is 29.8 Å². The van der Waals surface area contributed by atoms with Crippen molar-refractivity contribution in [1.82, 2.24) is 20.1 Å². The number of thioether (sulfide) groups is 1. The zero-order valence-electron chi connectivity index (χ0n) is 14.6. The van der Waals surface area contributed by atoms with Gasteiger partial charge in [-0.2, -0.15) is 0 Å². The minimum atomic E-state index is -1.26. The highest BCUT2D eigenvalue weighted by molar-refractivity contribution is 7.99. The van der Waals surface area contributed by atoms with Crippen molar-refractivity contribution in [2.24, 2.45) is 0 Å². The Morgan fingerprint density at radius 2 is 1.89 bits per heavy atom. The molecular weight excluding hydrogens is 380 g/mol. The summed E-state index contributed by atoms with van der Waals surface area (Å²) in [6.45, 7) is 0.236. The predicted molar refractivity (Wildman–Crippen MR) is 97.7 cm³/mol. The van der Waals surface area contributed by atoms with Gasteiger partial charge in [-0.15, -0.1) is 10.2 Å². The Balaban J connectivity index is 1.44. The molecule has 3 aromatic rings. The second-order valence-electron chi connectivity index (χ2n) is 6.23. The first kappa shape index (κ1) is 18.2. The number of hydrogen-bond acceptors (Lipinski definition) is 8. The highest BCUT2D eigenvalue weighted by Crippen LogP contribution is 2.26. The molecule has 0 bridgehead atoms. The fourth-order valence-corrected chi connectivity index (χ4v) is 3.73. The van der Waals surface area contributed by atoms with Crippen LogP contribution in [0.5, 0.6) is 0 Å².